The first-order valence-electron chi connectivity index (χ1n) is 5.31. The Kier molecular flexibility index (Phi) is 5.22. The minimum Gasteiger partial charge on any atom is -0.391 e. The molecule has 88 valence electrons. The SMILES string of the molecule is CCC(O)CNC(=O)/C=C/c1sccc1C. The number of amides is 1. The number of hydrogen-bond donors (Lipinski definition) is 2. The molecule has 1 aromatic heterocycles. The molecule has 2 N–H and O–H groups in total. The van der Waals surface area contributed by atoms with Gasteiger partial charge in [-0.15, -0.1) is 11.3 Å². The summed E-state index contributed by atoms with van der Waals surface area (Å²) in [6.07, 6.45) is 3.49. The average Bonchev–Trinajstić information content (AvgIpc) is 2.69. The van der Waals surface area contributed by atoms with Gasteiger partial charge < -0.3 is 10.4 Å². The van der Waals surface area contributed by atoms with Crippen molar-refractivity contribution in [2.24, 2.45) is 0 Å². The topological polar surface area (TPSA) is 49.3 Å². The molecule has 0 bridgehead atoms. The lowest BCUT2D eigenvalue weighted by Crippen LogP contribution is -2.30. The van der Waals surface area contributed by atoms with Crippen molar-refractivity contribution in [3.05, 3.63) is 28.0 Å². The highest BCUT2D eigenvalue weighted by atomic mass is 32.1. The molecule has 1 heterocycles. The molecular weight excluding hydrogens is 222 g/mol. The van der Waals surface area contributed by atoms with Crippen molar-refractivity contribution in [1.29, 1.82) is 0 Å². The van der Waals surface area contributed by atoms with Crippen LogP contribution in [-0.2, 0) is 4.79 Å². The Labute approximate surface area is 99.8 Å². The van der Waals surface area contributed by atoms with Crippen molar-refractivity contribution >= 4 is 23.3 Å². The van der Waals surface area contributed by atoms with E-state index >= 15 is 0 Å². The summed E-state index contributed by atoms with van der Waals surface area (Å²) >= 11 is 1.60. The number of carbonyl (C=O) groups excluding carboxylic acids is 1. The predicted octanol–water partition coefficient (Wildman–Crippen LogP) is 1.96. The third-order valence-electron chi connectivity index (χ3n) is 2.27. The van der Waals surface area contributed by atoms with Gasteiger partial charge in [0.1, 0.15) is 0 Å². The Bertz CT molecular complexity index is 371. The molecule has 0 aromatic carbocycles. The number of aryl methyl sites for hydroxylation is 1. The van der Waals surface area contributed by atoms with E-state index in [1.54, 1.807) is 17.4 Å². The summed E-state index contributed by atoms with van der Waals surface area (Å²) in [6.45, 7) is 4.19. The minimum absolute atomic E-state index is 0.166. The number of rotatable bonds is 5. The van der Waals surface area contributed by atoms with Gasteiger partial charge in [0.15, 0.2) is 0 Å². The Morgan fingerprint density at radius 1 is 1.69 bits per heavy atom. The Balaban J connectivity index is 2.40. The standard InChI is InChI=1S/C12H17NO2S/c1-3-10(14)8-13-12(15)5-4-11-9(2)6-7-16-11/h4-7,10,14H,3,8H2,1-2H3,(H,13,15)/b5-4+. The van der Waals surface area contributed by atoms with E-state index in [4.69, 9.17) is 0 Å². The first kappa shape index (κ1) is 12.9. The van der Waals surface area contributed by atoms with Crippen LogP contribution in [0.5, 0.6) is 0 Å². The highest BCUT2D eigenvalue weighted by Gasteiger charge is 2.02. The zero-order chi connectivity index (χ0) is 12.0. The van der Waals surface area contributed by atoms with Gasteiger partial charge in [0, 0.05) is 17.5 Å². The van der Waals surface area contributed by atoms with Gasteiger partial charge in [-0.25, -0.2) is 0 Å². The zero-order valence-electron chi connectivity index (χ0n) is 9.56. The Hall–Kier alpha value is -1.13. The normalized spacial score (nSPS) is 12.9. The molecule has 3 nitrogen and oxygen atoms in total. The van der Waals surface area contributed by atoms with Crippen LogP contribution < -0.4 is 5.32 Å². The fraction of sp³-hybridized carbons (Fsp3) is 0.417. The summed E-state index contributed by atoms with van der Waals surface area (Å²) in [5, 5.41) is 13.9. The average molecular weight is 239 g/mol. The quantitative estimate of drug-likeness (QED) is 0.772. The van der Waals surface area contributed by atoms with Crippen LogP contribution in [-0.4, -0.2) is 23.7 Å². The fourth-order valence-electron chi connectivity index (χ4n) is 1.13. The molecule has 0 saturated heterocycles. The third kappa shape index (κ3) is 4.16. The van der Waals surface area contributed by atoms with Crippen molar-refractivity contribution < 1.29 is 9.90 Å². The summed E-state index contributed by atoms with van der Waals surface area (Å²) in [7, 11) is 0. The Morgan fingerprint density at radius 2 is 2.44 bits per heavy atom. The van der Waals surface area contributed by atoms with E-state index in [1.165, 1.54) is 11.6 Å². The Morgan fingerprint density at radius 3 is 3.00 bits per heavy atom. The second-order valence-corrected chi connectivity index (χ2v) is 4.56. The lowest BCUT2D eigenvalue weighted by molar-refractivity contribution is -0.116. The maximum absolute atomic E-state index is 11.4. The highest BCUT2D eigenvalue weighted by Crippen LogP contribution is 2.16. The van der Waals surface area contributed by atoms with Crippen molar-refractivity contribution in [2.45, 2.75) is 26.4 Å². The first-order chi connectivity index (χ1) is 7.63. The molecular formula is C12H17NO2S. The van der Waals surface area contributed by atoms with E-state index < -0.39 is 6.10 Å². The van der Waals surface area contributed by atoms with Gasteiger partial charge in [-0.2, -0.15) is 0 Å². The van der Waals surface area contributed by atoms with E-state index in [2.05, 4.69) is 5.32 Å². The van der Waals surface area contributed by atoms with E-state index in [9.17, 15) is 9.90 Å². The molecule has 1 rings (SSSR count). The molecule has 0 aliphatic rings. The molecule has 0 aliphatic carbocycles. The van der Waals surface area contributed by atoms with E-state index in [1.807, 2.05) is 25.3 Å². The van der Waals surface area contributed by atoms with Crippen molar-refractivity contribution in [1.82, 2.24) is 5.32 Å². The van der Waals surface area contributed by atoms with Crippen LogP contribution in [0.25, 0.3) is 6.08 Å². The molecule has 1 atom stereocenters. The van der Waals surface area contributed by atoms with Crippen LogP contribution in [0.2, 0.25) is 0 Å². The largest absolute Gasteiger partial charge is 0.391 e. The molecule has 0 fully saturated rings. The number of aliphatic hydroxyl groups excluding tert-OH is 1. The van der Waals surface area contributed by atoms with Crippen molar-refractivity contribution in [3.8, 4) is 0 Å². The van der Waals surface area contributed by atoms with Gasteiger partial charge in [-0.3, -0.25) is 4.79 Å². The minimum atomic E-state index is -0.458. The van der Waals surface area contributed by atoms with Crippen LogP contribution in [0, 0.1) is 6.92 Å². The van der Waals surface area contributed by atoms with Crippen LogP contribution >= 0.6 is 11.3 Å². The van der Waals surface area contributed by atoms with Crippen LogP contribution in [0.15, 0.2) is 17.5 Å². The number of carbonyl (C=O) groups is 1. The van der Waals surface area contributed by atoms with Crippen molar-refractivity contribution in [3.63, 3.8) is 0 Å². The number of aliphatic hydroxyl groups is 1. The van der Waals surface area contributed by atoms with Crippen LogP contribution in [0.4, 0.5) is 0 Å². The van der Waals surface area contributed by atoms with Gasteiger partial charge in [-0.1, -0.05) is 6.92 Å². The number of hydrogen-bond acceptors (Lipinski definition) is 3. The molecule has 4 heteroatoms. The highest BCUT2D eigenvalue weighted by molar-refractivity contribution is 7.11. The molecule has 1 unspecified atom stereocenters. The maximum atomic E-state index is 11.4. The van der Waals surface area contributed by atoms with Gasteiger partial charge >= 0.3 is 0 Å². The summed E-state index contributed by atoms with van der Waals surface area (Å²) in [5.74, 6) is -0.166. The van der Waals surface area contributed by atoms with Crippen molar-refractivity contribution in [2.75, 3.05) is 6.54 Å². The third-order valence-corrected chi connectivity index (χ3v) is 3.26. The molecule has 16 heavy (non-hydrogen) atoms. The monoisotopic (exact) mass is 239 g/mol. The van der Waals surface area contributed by atoms with Gasteiger partial charge in [0.25, 0.3) is 0 Å². The number of nitrogens with one attached hydrogen (secondary N) is 1. The smallest absolute Gasteiger partial charge is 0.244 e. The van der Waals surface area contributed by atoms with Gasteiger partial charge in [-0.05, 0) is 36.4 Å². The van der Waals surface area contributed by atoms with E-state index in [0.717, 1.165) is 4.88 Å². The lowest BCUT2D eigenvalue weighted by Gasteiger charge is -2.06. The molecule has 0 aliphatic heterocycles. The van der Waals surface area contributed by atoms with Gasteiger partial charge in [0.2, 0.25) is 5.91 Å². The molecule has 1 amide bonds. The second-order valence-electron chi connectivity index (χ2n) is 3.61. The molecule has 0 radical (unpaired) electrons. The molecule has 0 spiro atoms. The summed E-state index contributed by atoms with van der Waals surface area (Å²) in [6, 6.07) is 2.02. The van der Waals surface area contributed by atoms with Crippen LogP contribution in [0.1, 0.15) is 23.8 Å². The summed E-state index contributed by atoms with van der Waals surface area (Å²) in [5.41, 5.74) is 1.17. The van der Waals surface area contributed by atoms with Crippen LogP contribution in [0.3, 0.4) is 0 Å². The lowest BCUT2D eigenvalue weighted by atomic mass is 10.2. The molecule has 0 saturated carbocycles. The maximum Gasteiger partial charge on any atom is 0.244 e. The second kappa shape index (κ2) is 6.45. The van der Waals surface area contributed by atoms with E-state index in [0.29, 0.717) is 13.0 Å². The molecule has 1 aromatic rings. The number of thiophene rings is 1. The fourth-order valence-corrected chi connectivity index (χ4v) is 1.95. The zero-order valence-corrected chi connectivity index (χ0v) is 10.4. The predicted molar refractivity (Wildman–Crippen MR) is 67.4 cm³/mol. The summed E-state index contributed by atoms with van der Waals surface area (Å²) in [4.78, 5) is 12.5. The van der Waals surface area contributed by atoms with Gasteiger partial charge in [0.05, 0.1) is 6.10 Å². The summed E-state index contributed by atoms with van der Waals surface area (Å²) < 4.78 is 0. The first-order valence-corrected chi connectivity index (χ1v) is 6.19. The van der Waals surface area contributed by atoms with E-state index in [-0.39, 0.29) is 5.91 Å².